The van der Waals surface area contributed by atoms with Crippen LogP contribution in [0.3, 0.4) is 0 Å². The normalized spacial score (nSPS) is 14.3. The van der Waals surface area contributed by atoms with Gasteiger partial charge in [0.25, 0.3) is 0 Å². The molecule has 1 aliphatic carbocycles. The molecule has 18 heavy (non-hydrogen) atoms. The SMILES string of the molecule is COc1ccc(-n2nc3c(c2O)CCCC3)cc1. The first kappa shape index (κ1) is 11.1. The van der Waals surface area contributed by atoms with E-state index in [1.54, 1.807) is 11.8 Å². The molecule has 1 aliphatic rings. The van der Waals surface area contributed by atoms with Gasteiger partial charge in [0.05, 0.1) is 18.5 Å². The fourth-order valence-corrected chi connectivity index (χ4v) is 2.44. The van der Waals surface area contributed by atoms with Crippen LogP contribution in [-0.4, -0.2) is 22.0 Å². The molecule has 0 fully saturated rings. The van der Waals surface area contributed by atoms with Crippen LogP contribution in [-0.2, 0) is 12.8 Å². The fourth-order valence-electron chi connectivity index (χ4n) is 2.44. The maximum Gasteiger partial charge on any atom is 0.217 e. The smallest absolute Gasteiger partial charge is 0.217 e. The summed E-state index contributed by atoms with van der Waals surface area (Å²) in [6.07, 6.45) is 4.18. The van der Waals surface area contributed by atoms with Crippen LogP contribution in [0.25, 0.3) is 5.69 Å². The third-order valence-electron chi connectivity index (χ3n) is 3.45. The van der Waals surface area contributed by atoms with Gasteiger partial charge in [0.1, 0.15) is 5.75 Å². The van der Waals surface area contributed by atoms with E-state index in [1.165, 1.54) is 0 Å². The Kier molecular flexibility index (Phi) is 2.70. The zero-order valence-corrected chi connectivity index (χ0v) is 10.4. The molecule has 94 valence electrons. The molecule has 3 rings (SSSR count). The third kappa shape index (κ3) is 1.74. The topological polar surface area (TPSA) is 47.3 Å². The molecule has 1 heterocycles. The quantitative estimate of drug-likeness (QED) is 0.882. The number of nitrogens with zero attached hydrogens (tertiary/aromatic N) is 2. The van der Waals surface area contributed by atoms with Gasteiger partial charge in [0.2, 0.25) is 5.88 Å². The van der Waals surface area contributed by atoms with Crippen LogP contribution in [0.1, 0.15) is 24.1 Å². The monoisotopic (exact) mass is 244 g/mol. The van der Waals surface area contributed by atoms with Crippen molar-refractivity contribution in [2.24, 2.45) is 0 Å². The molecule has 0 saturated heterocycles. The van der Waals surface area contributed by atoms with Crippen LogP contribution in [0.4, 0.5) is 0 Å². The summed E-state index contributed by atoms with van der Waals surface area (Å²) < 4.78 is 6.74. The van der Waals surface area contributed by atoms with Crippen molar-refractivity contribution in [2.45, 2.75) is 25.7 Å². The predicted octanol–water partition coefficient (Wildman–Crippen LogP) is 2.47. The van der Waals surface area contributed by atoms with E-state index in [0.717, 1.165) is 48.4 Å². The number of hydrogen-bond donors (Lipinski definition) is 1. The van der Waals surface area contributed by atoms with E-state index in [4.69, 9.17) is 4.74 Å². The summed E-state index contributed by atoms with van der Waals surface area (Å²) >= 11 is 0. The molecular weight excluding hydrogens is 228 g/mol. The zero-order chi connectivity index (χ0) is 12.5. The second kappa shape index (κ2) is 4.37. The largest absolute Gasteiger partial charge is 0.497 e. The highest BCUT2D eigenvalue weighted by Crippen LogP contribution is 2.30. The highest BCUT2D eigenvalue weighted by molar-refractivity contribution is 5.43. The van der Waals surface area contributed by atoms with E-state index in [0.29, 0.717) is 0 Å². The number of fused-ring (bicyclic) bond motifs is 1. The Balaban J connectivity index is 2.02. The molecule has 0 unspecified atom stereocenters. The Bertz CT molecular complexity index is 558. The molecule has 1 aromatic heterocycles. The van der Waals surface area contributed by atoms with Crippen LogP contribution >= 0.6 is 0 Å². The Hall–Kier alpha value is -1.97. The van der Waals surface area contributed by atoms with Crippen molar-refractivity contribution in [1.29, 1.82) is 0 Å². The molecule has 1 aromatic carbocycles. The average Bonchev–Trinajstić information content (AvgIpc) is 2.77. The van der Waals surface area contributed by atoms with E-state index in [-0.39, 0.29) is 5.88 Å². The molecule has 0 saturated carbocycles. The molecule has 4 nitrogen and oxygen atoms in total. The predicted molar refractivity (Wildman–Crippen MR) is 68.4 cm³/mol. The number of hydrogen-bond acceptors (Lipinski definition) is 3. The Morgan fingerprint density at radius 2 is 1.89 bits per heavy atom. The first-order valence-electron chi connectivity index (χ1n) is 6.24. The van der Waals surface area contributed by atoms with Crippen molar-refractivity contribution < 1.29 is 9.84 Å². The van der Waals surface area contributed by atoms with Crippen molar-refractivity contribution >= 4 is 0 Å². The van der Waals surface area contributed by atoms with Gasteiger partial charge in [-0.1, -0.05) is 0 Å². The third-order valence-corrected chi connectivity index (χ3v) is 3.45. The summed E-state index contributed by atoms with van der Waals surface area (Å²) in [5, 5.41) is 14.7. The lowest BCUT2D eigenvalue weighted by atomic mass is 9.98. The van der Waals surface area contributed by atoms with Crippen molar-refractivity contribution in [3.05, 3.63) is 35.5 Å². The van der Waals surface area contributed by atoms with Gasteiger partial charge in [-0.25, -0.2) is 4.68 Å². The van der Waals surface area contributed by atoms with Crippen molar-refractivity contribution in [3.63, 3.8) is 0 Å². The lowest BCUT2D eigenvalue weighted by Gasteiger charge is -2.07. The lowest BCUT2D eigenvalue weighted by molar-refractivity contribution is 0.413. The van der Waals surface area contributed by atoms with E-state index in [2.05, 4.69) is 5.10 Å². The fraction of sp³-hybridized carbons (Fsp3) is 0.357. The minimum absolute atomic E-state index is 0.287. The summed E-state index contributed by atoms with van der Waals surface area (Å²) in [6.45, 7) is 0. The minimum Gasteiger partial charge on any atom is -0.497 e. The molecule has 2 aromatic rings. The zero-order valence-electron chi connectivity index (χ0n) is 10.4. The minimum atomic E-state index is 0.287. The van der Waals surface area contributed by atoms with Crippen LogP contribution < -0.4 is 4.74 Å². The molecule has 4 heteroatoms. The highest BCUT2D eigenvalue weighted by atomic mass is 16.5. The van der Waals surface area contributed by atoms with Gasteiger partial charge < -0.3 is 9.84 Å². The number of rotatable bonds is 2. The Labute approximate surface area is 106 Å². The Morgan fingerprint density at radius 3 is 2.56 bits per heavy atom. The number of methoxy groups -OCH3 is 1. The summed E-state index contributed by atoms with van der Waals surface area (Å²) in [5.41, 5.74) is 2.91. The Morgan fingerprint density at radius 1 is 1.17 bits per heavy atom. The number of aryl methyl sites for hydroxylation is 1. The molecule has 1 N–H and O–H groups in total. The summed E-state index contributed by atoms with van der Waals surface area (Å²) in [6, 6.07) is 7.54. The van der Waals surface area contributed by atoms with Crippen LogP contribution in [0.15, 0.2) is 24.3 Å². The molecule has 0 amide bonds. The van der Waals surface area contributed by atoms with E-state index in [9.17, 15) is 5.11 Å². The van der Waals surface area contributed by atoms with Crippen LogP contribution in [0, 0.1) is 0 Å². The molecule has 0 aliphatic heterocycles. The van der Waals surface area contributed by atoms with E-state index < -0.39 is 0 Å². The molecule has 0 radical (unpaired) electrons. The molecule has 0 atom stereocenters. The number of aromatic nitrogens is 2. The van der Waals surface area contributed by atoms with Gasteiger partial charge >= 0.3 is 0 Å². The molecule has 0 bridgehead atoms. The highest BCUT2D eigenvalue weighted by Gasteiger charge is 2.20. The number of aromatic hydroxyl groups is 1. The van der Waals surface area contributed by atoms with Gasteiger partial charge in [-0.15, -0.1) is 0 Å². The number of benzene rings is 1. The maximum absolute atomic E-state index is 10.2. The summed E-state index contributed by atoms with van der Waals surface area (Å²) in [7, 11) is 1.64. The van der Waals surface area contributed by atoms with Crippen molar-refractivity contribution in [2.75, 3.05) is 7.11 Å². The first-order chi connectivity index (χ1) is 8.79. The van der Waals surface area contributed by atoms with E-state index in [1.807, 2.05) is 24.3 Å². The maximum atomic E-state index is 10.2. The summed E-state index contributed by atoms with van der Waals surface area (Å²) in [5.74, 6) is 1.09. The average molecular weight is 244 g/mol. The standard InChI is InChI=1S/C14H16N2O2/c1-18-11-8-6-10(7-9-11)16-14(17)12-4-2-3-5-13(12)15-16/h6-9,17H,2-5H2,1H3. The van der Waals surface area contributed by atoms with Crippen molar-refractivity contribution in [1.82, 2.24) is 9.78 Å². The summed E-state index contributed by atoms with van der Waals surface area (Å²) in [4.78, 5) is 0. The van der Waals surface area contributed by atoms with Crippen LogP contribution in [0.2, 0.25) is 0 Å². The van der Waals surface area contributed by atoms with Gasteiger partial charge in [-0.3, -0.25) is 0 Å². The van der Waals surface area contributed by atoms with Gasteiger partial charge in [0.15, 0.2) is 0 Å². The van der Waals surface area contributed by atoms with Gasteiger partial charge in [0, 0.05) is 5.56 Å². The second-order valence-corrected chi connectivity index (χ2v) is 4.57. The second-order valence-electron chi connectivity index (χ2n) is 4.57. The van der Waals surface area contributed by atoms with Gasteiger partial charge in [-0.05, 0) is 49.9 Å². The lowest BCUT2D eigenvalue weighted by Crippen LogP contribution is -2.00. The van der Waals surface area contributed by atoms with E-state index >= 15 is 0 Å². The number of ether oxygens (including phenoxy) is 1. The molecular formula is C14H16N2O2. The van der Waals surface area contributed by atoms with Crippen LogP contribution in [0.5, 0.6) is 11.6 Å². The molecule has 0 spiro atoms. The first-order valence-corrected chi connectivity index (χ1v) is 6.24. The van der Waals surface area contributed by atoms with Gasteiger partial charge in [-0.2, -0.15) is 5.10 Å². The van der Waals surface area contributed by atoms with Crippen molar-refractivity contribution in [3.8, 4) is 17.3 Å².